The fraction of sp³-hybridized carbons (Fsp3) is 0.286. The molecule has 1 aromatic rings. The molecule has 1 aromatic heterocycles. The van der Waals surface area contributed by atoms with Crippen molar-refractivity contribution >= 4 is 34.9 Å². The third-order valence-electron chi connectivity index (χ3n) is 2.42. The summed E-state index contributed by atoms with van der Waals surface area (Å²) < 4.78 is 0.705. The molecular formula is C14H18ClN3O2S. The third-order valence-corrected chi connectivity index (χ3v) is 3.64. The van der Waals surface area contributed by atoms with E-state index in [0.29, 0.717) is 24.0 Å². The molecule has 0 aliphatic heterocycles. The van der Waals surface area contributed by atoms with Crippen molar-refractivity contribution in [2.45, 2.75) is 6.54 Å². The lowest BCUT2D eigenvalue weighted by molar-refractivity contribution is -0.121. The van der Waals surface area contributed by atoms with E-state index in [4.69, 9.17) is 11.6 Å². The zero-order valence-corrected chi connectivity index (χ0v) is 13.2. The Morgan fingerprint density at radius 1 is 1.33 bits per heavy atom. The second kappa shape index (κ2) is 9.33. The lowest BCUT2D eigenvalue weighted by Gasteiger charge is -2.19. The van der Waals surface area contributed by atoms with Crippen LogP contribution in [0.4, 0.5) is 4.79 Å². The Labute approximate surface area is 133 Å². The Hall–Kier alpha value is -1.63. The van der Waals surface area contributed by atoms with Crippen LogP contribution in [0.2, 0.25) is 4.34 Å². The van der Waals surface area contributed by atoms with Gasteiger partial charge in [0.05, 0.1) is 10.9 Å². The van der Waals surface area contributed by atoms with Gasteiger partial charge in [-0.1, -0.05) is 23.8 Å². The standard InChI is InChI=1S/C14H18ClN3O2S/c1-3-7-16-14(20)17-13(19)10-18(8-4-2)9-11-5-6-12(15)21-11/h3-6H,1-2,7-10H2,(H2,16,17,19,20). The number of thiophene rings is 1. The summed E-state index contributed by atoms with van der Waals surface area (Å²) in [6.45, 7) is 8.67. The van der Waals surface area contributed by atoms with Crippen molar-refractivity contribution in [1.82, 2.24) is 15.5 Å². The van der Waals surface area contributed by atoms with Gasteiger partial charge < -0.3 is 5.32 Å². The van der Waals surface area contributed by atoms with Crippen LogP contribution < -0.4 is 10.6 Å². The highest BCUT2D eigenvalue weighted by atomic mass is 35.5. The summed E-state index contributed by atoms with van der Waals surface area (Å²) in [4.78, 5) is 26.1. The topological polar surface area (TPSA) is 61.4 Å². The molecule has 0 aliphatic carbocycles. The number of urea groups is 1. The molecular weight excluding hydrogens is 310 g/mol. The van der Waals surface area contributed by atoms with E-state index in [-0.39, 0.29) is 12.5 Å². The number of hydrogen-bond acceptors (Lipinski definition) is 4. The lowest BCUT2D eigenvalue weighted by Crippen LogP contribution is -2.44. The molecule has 0 radical (unpaired) electrons. The molecule has 0 fully saturated rings. The van der Waals surface area contributed by atoms with E-state index >= 15 is 0 Å². The van der Waals surface area contributed by atoms with Gasteiger partial charge in [-0.3, -0.25) is 15.0 Å². The smallest absolute Gasteiger partial charge is 0.321 e. The fourth-order valence-electron chi connectivity index (χ4n) is 1.60. The number of carbonyl (C=O) groups is 2. The van der Waals surface area contributed by atoms with E-state index in [1.165, 1.54) is 17.4 Å². The second-order valence-corrected chi connectivity index (χ2v) is 6.01. The second-order valence-electron chi connectivity index (χ2n) is 4.21. The van der Waals surface area contributed by atoms with Crippen molar-refractivity contribution < 1.29 is 9.59 Å². The van der Waals surface area contributed by atoms with Gasteiger partial charge in [-0.25, -0.2) is 4.79 Å². The molecule has 114 valence electrons. The van der Waals surface area contributed by atoms with Crippen molar-refractivity contribution in [3.63, 3.8) is 0 Å². The summed E-state index contributed by atoms with van der Waals surface area (Å²) in [5.74, 6) is -0.374. The summed E-state index contributed by atoms with van der Waals surface area (Å²) in [5, 5.41) is 4.74. The molecule has 5 nitrogen and oxygen atoms in total. The number of imide groups is 1. The van der Waals surface area contributed by atoms with Crippen LogP contribution in [-0.2, 0) is 11.3 Å². The van der Waals surface area contributed by atoms with Crippen molar-refractivity contribution in [1.29, 1.82) is 0 Å². The largest absolute Gasteiger partial charge is 0.334 e. The molecule has 0 unspecified atom stereocenters. The van der Waals surface area contributed by atoms with Gasteiger partial charge in [0.2, 0.25) is 5.91 Å². The van der Waals surface area contributed by atoms with Gasteiger partial charge >= 0.3 is 6.03 Å². The molecule has 21 heavy (non-hydrogen) atoms. The minimum Gasteiger partial charge on any atom is -0.334 e. The van der Waals surface area contributed by atoms with Crippen LogP contribution in [0.1, 0.15) is 4.88 Å². The van der Waals surface area contributed by atoms with Crippen LogP contribution in [0.3, 0.4) is 0 Å². The Bertz CT molecular complexity index is 516. The van der Waals surface area contributed by atoms with Crippen LogP contribution in [-0.4, -0.2) is 36.5 Å². The van der Waals surface area contributed by atoms with Gasteiger partial charge in [-0.05, 0) is 12.1 Å². The van der Waals surface area contributed by atoms with Crippen molar-refractivity contribution in [3.05, 3.63) is 46.7 Å². The molecule has 1 heterocycles. The molecule has 3 amide bonds. The first kappa shape index (κ1) is 17.4. The molecule has 2 N–H and O–H groups in total. The minimum absolute atomic E-state index is 0.100. The third kappa shape index (κ3) is 7.08. The van der Waals surface area contributed by atoms with Gasteiger partial charge in [0.15, 0.2) is 0 Å². The molecule has 0 atom stereocenters. The van der Waals surface area contributed by atoms with E-state index in [1.54, 1.807) is 6.08 Å². The highest BCUT2D eigenvalue weighted by Crippen LogP contribution is 2.22. The maximum atomic E-state index is 11.8. The summed E-state index contributed by atoms with van der Waals surface area (Å²) in [7, 11) is 0. The SMILES string of the molecule is C=CCNC(=O)NC(=O)CN(CC=C)Cc1ccc(Cl)s1. The number of hydrogen-bond donors (Lipinski definition) is 2. The molecule has 0 saturated heterocycles. The van der Waals surface area contributed by atoms with Crippen molar-refractivity contribution in [2.75, 3.05) is 19.6 Å². The monoisotopic (exact) mass is 327 g/mol. The van der Waals surface area contributed by atoms with Crippen LogP contribution in [0.5, 0.6) is 0 Å². The van der Waals surface area contributed by atoms with Crippen LogP contribution in [0, 0.1) is 0 Å². The molecule has 7 heteroatoms. The number of carbonyl (C=O) groups excluding carboxylic acids is 2. The van der Waals surface area contributed by atoms with Crippen LogP contribution >= 0.6 is 22.9 Å². The predicted molar refractivity (Wildman–Crippen MR) is 86.5 cm³/mol. The van der Waals surface area contributed by atoms with E-state index in [2.05, 4.69) is 23.8 Å². The normalized spacial score (nSPS) is 10.2. The van der Waals surface area contributed by atoms with E-state index in [9.17, 15) is 9.59 Å². The average molecular weight is 328 g/mol. The van der Waals surface area contributed by atoms with E-state index < -0.39 is 6.03 Å². The maximum absolute atomic E-state index is 11.8. The van der Waals surface area contributed by atoms with E-state index in [1.807, 2.05) is 17.0 Å². The van der Waals surface area contributed by atoms with Crippen molar-refractivity contribution in [2.24, 2.45) is 0 Å². The Balaban J connectivity index is 2.49. The maximum Gasteiger partial charge on any atom is 0.321 e. The number of nitrogens with one attached hydrogen (secondary N) is 2. The molecule has 0 bridgehead atoms. The number of rotatable bonds is 8. The summed E-state index contributed by atoms with van der Waals surface area (Å²) in [5.41, 5.74) is 0. The first-order chi connectivity index (χ1) is 10.0. The van der Waals surface area contributed by atoms with Gasteiger partial charge in [0.25, 0.3) is 0 Å². The van der Waals surface area contributed by atoms with Crippen molar-refractivity contribution in [3.8, 4) is 0 Å². The highest BCUT2D eigenvalue weighted by Gasteiger charge is 2.13. The predicted octanol–water partition coefficient (Wildman–Crippen LogP) is 2.40. The first-order valence-electron chi connectivity index (χ1n) is 6.31. The van der Waals surface area contributed by atoms with Crippen LogP contribution in [0.15, 0.2) is 37.4 Å². The van der Waals surface area contributed by atoms with Crippen LogP contribution in [0.25, 0.3) is 0 Å². The number of nitrogens with zero attached hydrogens (tertiary/aromatic N) is 1. The number of halogens is 1. The Morgan fingerprint density at radius 3 is 2.67 bits per heavy atom. The number of amides is 3. The van der Waals surface area contributed by atoms with Gasteiger partial charge in [-0.15, -0.1) is 24.5 Å². The zero-order chi connectivity index (χ0) is 15.7. The highest BCUT2D eigenvalue weighted by molar-refractivity contribution is 7.16. The van der Waals surface area contributed by atoms with Gasteiger partial charge in [-0.2, -0.15) is 0 Å². The first-order valence-corrected chi connectivity index (χ1v) is 7.50. The van der Waals surface area contributed by atoms with Gasteiger partial charge in [0.1, 0.15) is 0 Å². The summed E-state index contributed by atoms with van der Waals surface area (Å²) >= 11 is 7.34. The molecule has 0 aliphatic rings. The quantitative estimate of drug-likeness (QED) is 0.721. The Kier molecular flexibility index (Phi) is 7.74. The molecule has 0 spiro atoms. The van der Waals surface area contributed by atoms with E-state index in [0.717, 1.165) is 4.88 Å². The zero-order valence-electron chi connectivity index (χ0n) is 11.6. The summed E-state index contributed by atoms with van der Waals surface area (Å²) in [6.07, 6.45) is 3.24. The van der Waals surface area contributed by atoms with Gasteiger partial charge in [0, 0.05) is 24.5 Å². The summed E-state index contributed by atoms with van der Waals surface area (Å²) in [6, 6.07) is 3.20. The average Bonchev–Trinajstić information content (AvgIpc) is 2.81. The molecule has 0 saturated carbocycles. The minimum atomic E-state index is -0.530. The lowest BCUT2D eigenvalue weighted by atomic mass is 10.3. The molecule has 1 rings (SSSR count). The Morgan fingerprint density at radius 2 is 2.10 bits per heavy atom. The fourth-order valence-corrected chi connectivity index (χ4v) is 2.73. The molecule has 0 aromatic carbocycles.